The van der Waals surface area contributed by atoms with Gasteiger partial charge in [-0.1, -0.05) is 13.2 Å². The lowest BCUT2D eigenvalue weighted by atomic mass is 10.0. The molecule has 2 atom stereocenters. The first-order chi connectivity index (χ1) is 5.70. The van der Waals surface area contributed by atoms with Crippen molar-refractivity contribution in [2.45, 2.75) is 11.6 Å². The quantitative estimate of drug-likeness (QED) is 0.468. The minimum absolute atomic E-state index is 1.08. The lowest BCUT2D eigenvalue weighted by molar-refractivity contribution is -0.626. The molecule has 1 rings (SSSR count). The predicted octanol–water partition coefficient (Wildman–Crippen LogP) is 1.01. The van der Waals surface area contributed by atoms with Crippen LogP contribution in [0.25, 0.3) is 0 Å². The standard InChI is InChI=1S/C8H12O4/c1-5-7(9-3)8(6-2,10-4)12-11-7/h5-6H,1-2H2,3-4H3. The molecule has 0 aromatic heterocycles. The van der Waals surface area contributed by atoms with Gasteiger partial charge in [-0.25, -0.2) is 0 Å². The van der Waals surface area contributed by atoms with Crippen LogP contribution in [0.4, 0.5) is 0 Å². The Hall–Kier alpha value is -0.680. The monoisotopic (exact) mass is 172 g/mol. The molecule has 0 N–H and O–H groups in total. The van der Waals surface area contributed by atoms with Crippen LogP contribution in [0.1, 0.15) is 0 Å². The molecule has 0 aromatic rings. The third-order valence-corrected chi connectivity index (χ3v) is 1.92. The Bertz CT molecular complexity index is 173. The van der Waals surface area contributed by atoms with E-state index in [9.17, 15) is 0 Å². The normalized spacial score (nSPS) is 40.2. The number of hydrogen-bond acceptors (Lipinski definition) is 4. The average molecular weight is 172 g/mol. The Kier molecular flexibility index (Phi) is 2.34. The highest BCUT2D eigenvalue weighted by Gasteiger charge is 2.63. The number of hydrogen-bond donors (Lipinski definition) is 0. The van der Waals surface area contributed by atoms with Gasteiger partial charge < -0.3 is 9.47 Å². The fourth-order valence-electron chi connectivity index (χ4n) is 1.08. The smallest absolute Gasteiger partial charge is 0.281 e. The van der Waals surface area contributed by atoms with E-state index in [1.807, 2.05) is 0 Å². The lowest BCUT2D eigenvalue weighted by Gasteiger charge is -2.49. The van der Waals surface area contributed by atoms with Crippen LogP contribution in [0.15, 0.2) is 25.3 Å². The van der Waals surface area contributed by atoms with E-state index in [0.717, 1.165) is 0 Å². The van der Waals surface area contributed by atoms with E-state index < -0.39 is 11.6 Å². The second kappa shape index (κ2) is 2.99. The molecule has 0 amide bonds. The van der Waals surface area contributed by atoms with E-state index in [2.05, 4.69) is 13.2 Å². The van der Waals surface area contributed by atoms with Crippen LogP contribution < -0.4 is 0 Å². The third kappa shape index (κ3) is 0.864. The fourth-order valence-corrected chi connectivity index (χ4v) is 1.08. The van der Waals surface area contributed by atoms with Crippen molar-refractivity contribution in [1.29, 1.82) is 0 Å². The second-order valence-electron chi connectivity index (χ2n) is 2.32. The zero-order valence-corrected chi connectivity index (χ0v) is 7.20. The van der Waals surface area contributed by atoms with Gasteiger partial charge in [0, 0.05) is 14.2 Å². The Labute approximate surface area is 71.3 Å². The maximum Gasteiger partial charge on any atom is 0.281 e. The largest absolute Gasteiger partial charge is 0.343 e. The van der Waals surface area contributed by atoms with Crippen molar-refractivity contribution in [2.24, 2.45) is 0 Å². The Balaban J connectivity index is 2.92. The zero-order valence-electron chi connectivity index (χ0n) is 7.20. The van der Waals surface area contributed by atoms with Crippen molar-refractivity contribution in [1.82, 2.24) is 0 Å². The lowest BCUT2D eigenvalue weighted by Crippen LogP contribution is -2.66. The highest BCUT2D eigenvalue weighted by Crippen LogP contribution is 2.43. The van der Waals surface area contributed by atoms with E-state index in [4.69, 9.17) is 19.2 Å². The van der Waals surface area contributed by atoms with E-state index in [-0.39, 0.29) is 0 Å². The van der Waals surface area contributed by atoms with Crippen molar-refractivity contribution in [3.63, 3.8) is 0 Å². The first-order valence-electron chi connectivity index (χ1n) is 3.44. The average Bonchev–Trinajstić information content (AvgIpc) is 2.08. The summed E-state index contributed by atoms with van der Waals surface area (Å²) in [6.07, 6.45) is 2.92. The van der Waals surface area contributed by atoms with Gasteiger partial charge in [-0.15, -0.1) is 0 Å². The SMILES string of the molecule is C=CC1(OC)OOC1(C=C)OC. The van der Waals surface area contributed by atoms with E-state index >= 15 is 0 Å². The minimum atomic E-state index is -1.08. The van der Waals surface area contributed by atoms with Gasteiger partial charge in [-0.05, 0) is 12.2 Å². The fraction of sp³-hybridized carbons (Fsp3) is 0.500. The van der Waals surface area contributed by atoms with Gasteiger partial charge in [0.05, 0.1) is 0 Å². The zero-order chi connectivity index (χ0) is 9.24. The van der Waals surface area contributed by atoms with Gasteiger partial charge in [-0.3, -0.25) is 0 Å². The molecule has 4 heteroatoms. The number of rotatable bonds is 4. The first kappa shape index (κ1) is 9.41. The van der Waals surface area contributed by atoms with Crippen LogP contribution in [0, 0.1) is 0 Å². The molecule has 0 bridgehead atoms. The molecule has 1 saturated heterocycles. The van der Waals surface area contributed by atoms with Gasteiger partial charge in [0.1, 0.15) is 0 Å². The number of ether oxygens (including phenoxy) is 2. The van der Waals surface area contributed by atoms with Crippen LogP contribution in [-0.4, -0.2) is 25.8 Å². The molecule has 68 valence electrons. The van der Waals surface area contributed by atoms with Crippen LogP contribution in [0.5, 0.6) is 0 Å². The molecule has 0 aromatic carbocycles. The van der Waals surface area contributed by atoms with Crippen LogP contribution in [-0.2, 0) is 19.2 Å². The summed E-state index contributed by atoms with van der Waals surface area (Å²) in [5, 5.41) is 0. The highest BCUT2D eigenvalue weighted by molar-refractivity contribution is 5.12. The van der Waals surface area contributed by atoms with Gasteiger partial charge in [0.15, 0.2) is 0 Å². The molecule has 1 aliphatic rings. The Morgan fingerprint density at radius 1 is 1.00 bits per heavy atom. The van der Waals surface area contributed by atoms with E-state index in [1.54, 1.807) is 0 Å². The van der Waals surface area contributed by atoms with Gasteiger partial charge >= 0.3 is 0 Å². The van der Waals surface area contributed by atoms with Crippen LogP contribution in [0.2, 0.25) is 0 Å². The molecule has 12 heavy (non-hydrogen) atoms. The third-order valence-electron chi connectivity index (χ3n) is 1.92. The van der Waals surface area contributed by atoms with E-state index in [1.165, 1.54) is 26.4 Å². The highest BCUT2D eigenvalue weighted by atomic mass is 17.3. The summed E-state index contributed by atoms with van der Waals surface area (Å²) in [7, 11) is 2.95. The summed E-state index contributed by atoms with van der Waals surface area (Å²) in [6, 6.07) is 0. The van der Waals surface area contributed by atoms with Gasteiger partial charge in [-0.2, -0.15) is 9.78 Å². The summed E-state index contributed by atoms with van der Waals surface area (Å²) >= 11 is 0. The van der Waals surface area contributed by atoms with Crippen molar-refractivity contribution in [3.05, 3.63) is 25.3 Å². The van der Waals surface area contributed by atoms with Crippen LogP contribution in [0.3, 0.4) is 0 Å². The molecule has 4 nitrogen and oxygen atoms in total. The van der Waals surface area contributed by atoms with Gasteiger partial charge in [0.2, 0.25) is 0 Å². The summed E-state index contributed by atoms with van der Waals surface area (Å²) in [5.74, 6) is -2.16. The maximum absolute atomic E-state index is 5.06. The van der Waals surface area contributed by atoms with E-state index in [0.29, 0.717) is 0 Å². The molecule has 1 aliphatic heterocycles. The Morgan fingerprint density at radius 2 is 1.33 bits per heavy atom. The van der Waals surface area contributed by atoms with Gasteiger partial charge in [0.25, 0.3) is 11.6 Å². The van der Waals surface area contributed by atoms with Crippen molar-refractivity contribution in [2.75, 3.05) is 14.2 Å². The van der Waals surface area contributed by atoms with Crippen molar-refractivity contribution < 1.29 is 19.2 Å². The molecular weight excluding hydrogens is 160 g/mol. The summed E-state index contributed by atoms with van der Waals surface area (Å²) in [4.78, 5) is 9.56. The van der Waals surface area contributed by atoms with Crippen LogP contribution >= 0.6 is 0 Å². The summed E-state index contributed by atoms with van der Waals surface area (Å²) < 4.78 is 10.1. The second-order valence-corrected chi connectivity index (χ2v) is 2.32. The van der Waals surface area contributed by atoms with Crippen molar-refractivity contribution in [3.8, 4) is 0 Å². The predicted molar refractivity (Wildman–Crippen MR) is 42.0 cm³/mol. The molecule has 1 heterocycles. The maximum atomic E-state index is 5.06. The molecular formula is C8H12O4. The first-order valence-corrected chi connectivity index (χ1v) is 3.44. The minimum Gasteiger partial charge on any atom is -0.343 e. The summed E-state index contributed by atoms with van der Waals surface area (Å²) in [6.45, 7) is 7.12. The molecule has 2 unspecified atom stereocenters. The molecule has 1 fully saturated rings. The Morgan fingerprint density at radius 3 is 1.42 bits per heavy atom. The van der Waals surface area contributed by atoms with Crippen molar-refractivity contribution >= 4 is 0 Å². The molecule has 0 radical (unpaired) electrons. The summed E-state index contributed by atoms with van der Waals surface area (Å²) in [5.41, 5.74) is 0. The molecule has 0 saturated carbocycles. The number of methoxy groups -OCH3 is 2. The molecule has 0 spiro atoms. The topological polar surface area (TPSA) is 36.9 Å². The molecule has 0 aliphatic carbocycles.